The fraction of sp³-hybridized carbons (Fsp3) is 0.129. The number of benzene rings is 4. The third-order valence-electron chi connectivity index (χ3n) is 6.06. The number of hydrogen-bond acceptors (Lipinski definition) is 4. The molecule has 0 saturated heterocycles. The van der Waals surface area contributed by atoms with E-state index >= 15 is 0 Å². The number of amides is 3. The molecule has 7 heteroatoms. The summed E-state index contributed by atoms with van der Waals surface area (Å²) in [5, 5.41) is 5.89. The van der Waals surface area contributed by atoms with Gasteiger partial charge in [0.25, 0.3) is 11.8 Å². The Morgan fingerprint density at radius 2 is 1.29 bits per heavy atom. The highest BCUT2D eigenvalue weighted by molar-refractivity contribution is 6.07. The Balaban J connectivity index is 1.33. The van der Waals surface area contributed by atoms with E-state index < -0.39 is 0 Å². The summed E-state index contributed by atoms with van der Waals surface area (Å²) >= 11 is 0. The van der Waals surface area contributed by atoms with Crippen molar-refractivity contribution in [3.63, 3.8) is 0 Å². The summed E-state index contributed by atoms with van der Waals surface area (Å²) in [5.41, 5.74) is 3.91. The number of hydrogen-bond donors (Lipinski definition) is 2. The van der Waals surface area contributed by atoms with Crippen LogP contribution >= 0.6 is 0 Å². The van der Waals surface area contributed by atoms with Crippen LogP contribution in [0.15, 0.2) is 109 Å². The first-order valence-electron chi connectivity index (χ1n) is 12.4. The summed E-state index contributed by atoms with van der Waals surface area (Å²) in [6.45, 7) is 2.52. The van der Waals surface area contributed by atoms with Crippen LogP contribution in [0.5, 0.6) is 0 Å². The maximum atomic E-state index is 13.0. The standard InChI is InChI=1S/C31H30N4O3/c1-3-35(28-15-8-5-9-16-28)31(38)23-17-19-25(20-18-23)32-22-29(36)33-26-12-10-11-24(21-26)30(37)34(2)27-13-6-4-7-14-27/h4-21,32H,3,22H2,1-2H3,(H,33,36). The summed E-state index contributed by atoms with van der Waals surface area (Å²) in [6.07, 6.45) is 0. The minimum absolute atomic E-state index is 0.0283. The summed E-state index contributed by atoms with van der Waals surface area (Å²) in [6, 6.07) is 32.8. The van der Waals surface area contributed by atoms with E-state index in [1.807, 2.05) is 67.6 Å². The average molecular weight is 507 g/mol. The zero-order valence-electron chi connectivity index (χ0n) is 21.4. The number of anilines is 4. The lowest BCUT2D eigenvalue weighted by molar-refractivity contribution is -0.114. The molecule has 0 atom stereocenters. The third kappa shape index (κ3) is 6.44. The largest absolute Gasteiger partial charge is 0.376 e. The Labute approximate surface area is 222 Å². The highest BCUT2D eigenvalue weighted by Gasteiger charge is 2.16. The van der Waals surface area contributed by atoms with Crippen LogP contribution in [0.2, 0.25) is 0 Å². The molecule has 4 aromatic carbocycles. The van der Waals surface area contributed by atoms with Crippen molar-refractivity contribution in [3.05, 3.63) is 120 Å². The van der Waals surface area contributed by atoms with Crippen LogP contribution in [0.4, 0.5) is 22.7 Å². The van der Waals surface area contributed by atoms with E-state index in [1.165, 1.54) is 0 Å². The van der Waals surface area contributed by atoms with Crippen molar-refractivity contribution in [2.75, 3.05) is 40.6 Å². The SMILES string of the molecule is CCN(C(=O)c1ccc(NCC(=O)Nc2cccc(C(=O)N(C)c3ccccc3)c2)cc1)c1ccccc1. The lowest BCUT2D eigenvalue weighted by Crippen LogP contribution is -2.30. The predicted octanol–water partition coefficient (Wildman–Crippen LogP) is 5.68. The van der Waals surface area contributed by atoms with E-state index in [1.54, 1.807) is 65.4 Å². The fourth-order valence-electron chi connectivity index (χ4n) is 4.02. The Kier molecular flexibility index (Phi) is 8.51. The number of nitrogens with one attached hydrogen (secondary N) is 2. The summed E-state index contributed by atoms with van der Waals surface area (Å²) in [5.74, 6) is -0.517. The van der Waals surface area contributed by atoms with Crippen molar-refractivity contribution in [1.82, 2.24) is 0 Å². The zero-order valence-corrected chi connectivity index (χ0v) is 21.4. The van der Waals surface area contributed by atoms with E-state index in [9.17, 15) is 14.4 Å². The highest BCUT2D eigenvalue weighted by atomic mass is 16.2. The summed E-state index contributed by atoms with van der Waals surface area (Å²) in [4.78, 5) is 41.7. The normalized spacial score (nSPS) is 10.4. The van der Waals surface area contributed by atoms with Gasteiger partial charge in [-0.2, -0.15) is 0 Å². The van der Waals surface area contributed by atoms with Gasteiger partial charge in [-0.1, -0.05) is 42.5 Å². The molecule has 4 rings (SSSR count). The Morgan fingerprint density at radius 3 is 1.92 bits per heavy atom. The summed E-state index contributed by atoms with van der Waals surface area (Å²) < 4.78 is 0. The van der Waals surface area contributed by atoms with E-state index in [0.29, 0.717) is 29.0 Å². The lowest BCUT2D eigenvalue weighted by atomic mass is 10.1. The van der Waals surface area contributed by atoms with Crippen LogP contribution in [0.3, 0.4) is 0 Å². The number of rotatable bonds is 9. The molecule has 4 aromatic rings. The second kappa shape index (κ2) is 12.4. The van der Waals surface area contributed by atoms with Crippen LogP contribution < -0.4 is 20.4 Å². The van der Waals surface area contributed by atoms with Gasteiger partial charge < -0.3 is 20.4 Å². The minimum atomic E-state index is -0.257. The van der Waals surface area contributed by atoms with Crippen LogP contribution in [0.25, 0.3) is 0 Å². The molecule has 0 aliphatic carbocycles. The van der Waals surface area contributed by atoms with Crippen molar-refractivity contribution >= 4 is 40.5 Å². The topological polar surface area (TPSA) is 81.8 Å². The Hall–Kier alpha value is -4.91. The van der Waals surface area contributed by atoms with Crippen molar-refractivity contribution in [2.45, 2.75) is 6.92 Å². The molecule has 3 amide bonds. The quantitative estimate of drug-likeness (QED) is 0.306. The monoisotopic (exact) mass is 506 g/mol. The molecule has 192 valence electrons. The van der Waals surface area contributed by atoms with Crippen LogP contribution in [0.1, 0.15) is 27.6 Å². The molecule has 0 bridgehead atoms. The van der Waals surface area contributed by atoms with Crippen molar-refractivity contribution in [1.29, 1.82) is 0 Å². The molecule has 0 fully saturated rings. The molecule has 0 aliphatic rings. The minimum Gasteiger partial charge on any atom is -0.376 e. The lowest BCUT2D eigenvalue weighted by Gasteiger charge is -2.21. The number of nitrogens with zero attached hydrogens (tertiary/aromatic N) is 2. The molecule has 2 N–H and O–H groups in total. The second-order valence-electron chi connectivity index (χ2n) is 8.64. The molecule has 0 heterocycles. The van der Waals surface area contributed by atoms with Gasteiger partial charge in [0.15, 0.2) is 0 Å². The zero-order chi connectivity index (χ0) is 26.9. The van der Waals surface area contributed by atoms with Gasteiger partial charge >= 0.3 is 0 Å². The summed E-state index contributed by atoms with van der Waals surface area (Å²) in [7, 11) is 1.72. The van der Waals surface area contributed by atoms with Crippen LogP contribution in [0, 0.1) is 0 Å². The van der Waals surface area contributed by atoms with Crippen LogP contribution in [-0.4, -0.2) is 37.9 Å². The molecule has 0 saturated carbocycles. The van der Waals surface area contributed by atoms with E-state index in [4.69, 9.17) is 0 Å². The Morgan fingerprint density at radius 1 is 0.658 bits per heavy atom. The van der Waals surface area contributed by atoms with E-state index in [2.05, 4.69) is 10.6 Å². The maximum absolute atomic E-state index is 13.0. The first kappa shape index (κ1) is 26.2. The number of carbonyl (C=O) groups excluding carboxylic acids is 3. The first-order valence-corrected chi connectivity index (χ1v) is 12.4. The first-order chi connectivity index (χ1) is 18.5. The highest BCUT2D eigenvalue weighted by Crippen LogP contribution is 2.19. The molecule has 0 unspecified atom stereocenters. The third-order valence-corrected chi connectivity index (χ3v) is 6.06. The van der Waals surface area contributed by atoms with Gasteiger partial charge in [-0.15, -0.1) is 0 Å². The second-order valence-corrected chi connectivity index (χ2v) is 8.64. The molecule has 0 aliphatic heterocycles. The average Bonchev–Trinajstić information content (AvgIpc) is 2.97. The molecule has 0 radical (unpaired) electrons. The predicted molar refractivity (Wildman–Crippen MR) is 153 cm³/mol. The van der Waals surface area contributed by atoms with Gasteiger partial charge in [-0.25, -0.2) is 0 Å². The number of carbonyl (C=O) groups is 3. The smallest absolute Gasteiger partial charge is 0.258 e. The van der Waals surface area contributed by atoms with E-state index in [0.717, 1.165) is 11.4 Å². The van der Waals surface area contributed by atoms with Gasteiger partial charge in [0.1, 0.15) is 0 Å². The van der Waals surface area contributed by atoms with Gasteiger partial charge in [-0.05, 0) is 73.7 Å². The van der Waals surface area contributed by atoms with Gasteiger partial charge in [0, 0.05) is 47.5 Å². The molecular formula is C31H30N4O3. The maximum Gasteiger partial charge on any atom is 0.258 e. The van der Waals surface area contributed by atoms with Crippen molar-refractivity contribution in [2.24, 2.45) is 0 Å². The fourth-order valence-corrected chi connectivity index (χ4v) is 4.02. The van der Waals surface area contributed by atoms with Gasteiger partial charge in [-0.3, -0.25) is 14.4 Å². The van der Waals surface area contributed by atoms with Crippen molar-refractivity contribution in [3.8, 4) is 0 Å². The van der Waals surface area contributed by atoms with Gasteiger partial charge in [0.2, 0.25) is 5.91 Å². The molecule has 38 heavy (non-hydrogen) atoms. The van der Waals surface area contributed by atoms with Gasteiger partial charge in [0.05, 0.1) is 6.54 Å². The number of para-hydroxylation sites is 2. The Bertz CT molecular complexity index is 1390. The molecule has 0 aromatic heterocycles. The molecular weight excluding hydrogens is 476 g/mol. The van der Waals surface area contributed by atoms with Crippen LogP contribution in [-0.2, 0) is 4.79 Å². The molecule has 7 nitrogen and oxygen atoms in total. The molecule has 0 spiro atoms. The van der Waals surface area contributed by atoms with E-state index in [-0.39, 0.29) is 24.3 Å². The van der Waals surface area contributed by atoms with Crippen molar-refractivity contribution < 1.29 is 14.4 Å².